The number of hydrogen-bond donors (Lipinski definition) is 0. The van der Waals surface area contributed by atoms with Crippen LogP contribution >= 0.6 is 0 Å². The molecular weight excluding hydrogens is 198 g/mol. The van der Waals surface area contributed by atoms with E-state index in [0.717, 1.165) is 22.6 Å². The highest BCUT2D eigenvalue weighted by Crippen LogP contribution is 2.29. The van der Waals surface area contributed by atoms with Crippen LogP contribution in [0.1, 0.15) is 11.3 Å². The molecule has 0 saturated heterocycles. The van der Waals surface area contributed by atoms with Gasteiger partial charge in [0.05, 0.1) is 7.11 Å². The first-order chi connectivity index (χ1) is 7.72. The van der Waals surface area contributed by atoms with E-state index in [1.807, 2.05) is 31.3 Å². The van der Waals surface area contributed by atoms with Crippen molar-refractivity contribution in [3.63, 3.8) is 0 Å². The molecule has 2 heteroatoms. The van der Waals surface area contributed by atoms with Crippen LogP contribution in [0.25, 0.3) is 11.1 Å². The minimum Gasteiger partial charge on any atom is -0.496 e. The Balaban J connectivity index is 2.51. The Morgan fingerprint density at radius 2 is 1.88 bits per heavy atom. The largest absolute Gasteiger partial charge is 0.496 e. The van der Waals surface area contributed by atoms with Gasteiger partial charge in [-0.15, -0.1) is 0 Å². The van der Waals surface area contributed by atoms with E-state index in [-0.39, 0.29) is 0 Å². The second-order valence-electron chi connectivity index (χ2n) is 3.82. The molecule has 0 aliphatic rings. The highest BCUT2D eigenvalue weighted by Gasteiger charge is 2.06. The average Bonchev–Trinajstić information content (AvgIpc) is 2.31. The lowest BCUT2D eigenvalue weighted by molar-refractivity contribution is 0.412. The monoisotopic (exact) mass is 213 g/mol. The second kappa shape index (κ2) is 4.35. The van der Waals surface area contributed by atoms with Crippen LogP contribution in [-0.2, 0) is 0 Å². The van der Waals surface area contributed by atoms with Crippen molar-refractivity contribution in [1.82, 2.24) is 4.98 Å². The van der Waals surface area contributed by atoms with Crippen LogP contribution in [0.4, 0.5) is 0 Å². The quantitative estimate of drug-likeness (QED) is 0.763. The maximum Gasteiger partial charge on any atom is 0.122 e. The summed E-state index contributed by atoms with van der Waals surface area (Å²) in [7, 11) is 1.69. The Bertz CT molecular complexity index is 489. The van der Waals surface area contributed by atoms with E-state index in [4.69, 9.17) is 4.74 Å². The molecule has 0 saturated carbocycles. The molecule has 0 aliphatic carbocycles. The number of benzene rings is 1. The van der Waals surface area contributed by atoms with Crippen LogP contribution in [-0.4, -0.2) is 12.1 Å². The normalized spacial score (nSPS) is 10.2. The molecule has 0 aliphatic heterocycles. The van der Waals surface area contributed by atoms with Gasteiger partial charge in [0.25, 0.3) is 0 Å². The van der Waals surface area contributed by atoms with Gasteiger partial charge in [-0.25, -0.2) is 0 Å². The molecule has 0 atom stereocenters. The first-order valence-electron chi connectivity index (χ1n) is 5.29. The van der Waals surface area contributed by atoms with Gasteiger partial charge in [0, 0.05) is 17.5 Å². The molecule has 1 heterocycles. The van der Waals surface area contributed by atoms with Gasteiger partial charge in [-0.05, 0) is 37.1 Å². The summed E-state index contributed by atoms with van der Waals surface area (Å²) >= 11 is 0. The Hall–Kier alpha value is -1.83. The number of nitrogens with zero attached hydrogens (tertiary/aromatic N) is 1. The topological polar surface area (TPSA) is 22.1 Å². The number of pyridine rings is 1. The third-order valence-electron chi connectivity index (χ3n) is 2.73. The molecule has 0 unspecified atom stereocenters. The van der Waals surface area contributed by atoms with E-state index in [1.54, 1.807) is 7.11 Å². The zero-order valence-corrected chi connectivity index (χ0v) is 9.82. The van der Waals surface area contributed by atoms with Gasteiger partial charge in [0.2, 0.25) is 0 Å². The highest BCUT2D eigenvalue weighted by molar-refractivity contribution is 5.69. The molecule has 2 nitrogen and oxygen atoms in total. The van der Waals surface area contributed by atoms with Crippen molar-refractivity contribution < 1.29 is 4.74 Å². The molecular formula is C14H15NO. The van der Waals surface area contributed by atoms with E-state index in [9.17, 15) is 0 Å². The maximum atomic E-state index is 5.31. The van der Waals surface area contributed by atoms with Crippen molar-refractivity contribution in [1.29, 1.82) is 0 Å². The van der Waals surface area contributed by atoms with Crippen molar-refractivity contribution in [2.24, 2.45) is 0 Å². The number of rotatable bonds is 2. The predicted molar refractivity (Wildman–Crippen MR) is 65.7 cm³/mol. The van der Waals surface area contributed by atoms with Gasteiger partial charge in [-0.3, -0.25) is 4.98 Å². The first-order valence-corrected chi connectivity index (χ1v) is 5.29. The fourth-order valence-electron chi connectivity index (χ4n) is 1.78. The standard InChI is InChI=1S/C14H15NO/c1-10-7-8-12(9-15-10)13-5-4-6-14(16-3)11(13)2/h4-9H,1-3H3. The fourth-order valence-corrected chi connectivity index (χ4v) is 1.78. The smallest absolute Gasteiger partial charge is 0.122 e. The zero-order valence-electron chi connectivity index (χ0n) is 9.82. The third-order valence-corrected chi connectivity index (χ3v) is 2.73. The zero-order chi connectivity index (χ0) is 11.5. The maximum absolute atomic E-state index is 5.31. The molecule has 2 rings (SSSR count). The summed E-state index contributed by atoms with van der Waals surface area (Å²) in [5.41, 5.74) is 4.48. The summed E-state index contributed by atoms with van der Waals surface area (Å²) in [6.07, 6.45) is 1.90. The highest BCUT2D eigenvalue weighted by atomic mass is 16.5. The van der Waals surface area contributed by atoms with E-state index < -0.39 is 0 Å². The lowest BCUT2D eigenvalue weighted by Crippen LogP contribution is -1.91. The summed E-state index contributed by atoms with van der Waals surface area (Å²) in [5.74, 6) is 0.915. The number of ether oxygens (including phenoxy) is 1. The second-order valence-corrected chi connectivity index (χ2v) is 3.82. The Kier molecular flexibility index (Phi) is 2.91. The van der Waals surface area contributed by atoms with Gasteiger partial charge in [0.15, 0.2) is 0 Å². The Morgan fingerprint density at radius 1 is 1.06 bits per heavy atom. The average molecular weight is 213 g/mol. The minimum atomic E-state index is 0.915. The van der Waals surface area contributed by atoms with Crippen LogP contribution in [0.2, 0.25) is 0 Å². The molecule has 0 fully saturated rings. The molecule has 0 radical (unpaired) electrons. The van der Waals surface area contributed by atoms with Crippen molar-refractivity contribution in [2.75, 3.05) is 7.11 Å². The molecule has 2 aromatic rings. The molecule has 0 bridgehead atoms. The fraction of sp³-hybridized carbons (Fsp3) is 0.214. The summed E-state index contributed by atoms with van der Waals surface area (Å²) in [6.45, 7) is 4.05. The van der Waals surface area contributed by atoms with Gasteiger partial charge in [-0.2, -0.15) is 0 Å². The van der Waals surface area contributed by atoms with Crippen molar-refractivity contribution >= 4 is 0 Å². The van der Waals surface area contributed by atoms with Crippen LogP contribution < -0.4 is 4.74 Å². The van der Waals surface area contributed by atoms with Crippen molar-refractivity contribution in [3.8, 4) is 16.9 Å². The van der Waals surface area contributed by atoms with Gasteiger partial charge >= 0.3 is 0 Å². The predicted octanol–water partition coefficient (Wildman–Crippen LogP) is 3.37. The van der Waals surface area contributed by atoms with E-state index in [2.05, 4.69) is 24.0 Å². The Labute approximate surface area is 95.9 Å². The summed E-state index contributed by atoms with van der Waals surface area (Å²) in [5, 5.41) is 0. The van der Waals surface area contributed by atoms with Crippen molar-refractivity contribution in [3.05, 3.63) is 47.8 Å². The minimum absolute atomic E-state index is 0.915. The molecule has 0 spiro atoms. The van der Waals surface area contributed by atoms with E-state index in [0.29, 0.717) is 0 Å². The first kappa shape index (κ1) is 10.7. The van der Waals surface area contributed by atoms with Gasteiger partial charge in [0.1, 0.15) is 5.75 Å². The SMILES string of the molecule is COc1cccc(-c2ccc(C)nc2)c1C. The Morgan fingerprint density at radius 3 is 2.50 bits per heavy atom. The number of aryl methyl sites for hydroxylation is 1. The number of methoxy groups -OCH3 is 1. The summed E-state index contributed by atoms with van der Waals surface area (Å²) in [6, 6.07) is 10.2. The molecule has 82 valence electrons. The molecule has 0 N–H and O–H groups in total. The van der Waals surface area contributed by atoms with Crippen LogP contribution in [0.15, 0.2) is 36.5 Å². The van der Waals surface area contributed by atoms with Crippen LogP contribution in [0.3, 0.4) is 0 Å². The van der Waals surface area contributed by atoms with Crippen LogP contribution in [0, 0.1) is 13.8 Å². The number of aromatic nitrogens is 1. The summed E-state index contributed by atoms with van der Waals surface area (Å²) in [4.78, 5) is 4.31. The molecule has 1 aromatic heterocycles. The van der Waals surface area contributed by atoms with E-state index in [1.165, 1.54) is 5.56 Å². The molecule has 0 amide bonds. The summed E-state index contributed by atoms with van der Waals surface area (Å²) < 4.78 is 5.31. The van der Waals surface area contributed by atoms with Crippen LogP contribution in [0.5, 0.6) is 5.75 Å². The number of hydrogen-bond acceptors (Lipinski definition) is 2. The van der Waals surface area contributed by atoms with Gasteiger partial charge in [-0.1, -0.05) is 18.2 Å². The lowest BCUT2D eigenvalue weighted by atomic mass is 10.0. The van der Waals surface area contributed by atoms with Crippen molar-refractivity contribution in [2.45, 2.75) is 13.8 Å². The molecule has 1 aromatic carbocycles. The molecule has 16 heavy (non-hydrogen) atoms. The lowest BCUT2D eigenvalue weighted by Gasteiger charge is -2.10. The van der Waals surface area contributed by atoms with Gasteiger partial charge < -0.3 is 4.74 Å². The third kappa shape index (κ3) is 1.91. The van der Waals surface area contributed by atoms with E-state index >= 15 is 0 Å².